The molecule has 4 aromatic rings. The van der Waals surface area contributed by atoms with Crippen LogP contribution >= 0.6 is 0 Å². The second-order valence-corrected chi connectivity index (χ2v) is 6.99. The van der Waals surface area contributed by atoms with Crippen LogP contribution in [0.25, 0.3) is 0 Å². The number of anilines is 2. The summed E-state index contributed by atoms with van der Waals surface area (Å²) in [6, 6.07) is 38.3. The van der Waals surface area contributed by atoms with Gasteiger partial charge in [0.1, 0.15) is 0 Å². The standard InChI is InChI=1S/C27H21N3/c1-21-15-17-25(18-16-21)30(26-14-8-9-22(19-26)20-28)29-27(23-10-4-2-5-11-23)24-12-6-3-7-13-24/h2-19H,1H3. The molecule has 0 heterocycles. The molecular weight excluding hydrogens is 366 g/mol. The first kappa shape index (κ1) is 19.2. The Kier molecular flexibility index (Phi) is 5.68. The van der Waals surface area contributed by atoms with Gasteiger partial charge in [0.25, 0.3) is 0 Å². The minimum Gasteiger partial charge on any atom is -0.233 e. The molecule has 0 saturated carbocycles. The van der Waals surface area contributed by atoms with Crippen molar-refractivity contribution in [3.05, 3.63) is 131 Å². The average molecular weight is 387 g/mol. The van der Waals surface area contributed by atoms with Gasteiger partial charge in [0.2, 0.25) is 0 Å². The molecule has 0 aliphatic carbocycles. The molecule has 0 aromatic heterocycles. The maximum atomic E-state index is 9.38. The van der Waals surface area contributed by atoms with Crippen LogP contribution in [0.1, 0.15) is 22.3 Å². The van der Waals surface area contributed by atoms with E-state index in [1.165, 1.54) is 5.56 Å². The average Bonchev–Trinajstić information content (AvgIpc) is 2.82. The third kappa shape index (κ3) is 4.29. The molecule has 0 aliphatic heterocycles. The van der Waals surface area contributed by atoms with E-state index in [0.29, 0.717) is 5.56 Å². The van der Waals surface area contributed by atoms with E-state index in [2.05, 4.69) is 49.4 Å². The van der Waals surface area contributed by atoms with Crippen molar-refractivity contribution < 1.29 is 0 Å². The summed E-state index contributed by atoms with van der Waals surface area (Å²) in [6.07, 6.45) is 0. The lowest BCUT2D eigenvalue weighted by Crippen LogP contribution is -2.15. The smallest absolute Gasteiger partial charge is 0.0992 e. The van der Waals surface area contributed by atoms with Crippen molar-refractivity contribution in [1.82, 2.24) is 0 Å². The molecular formula is C27H21N3. The number of benzene rings is 4. The molecule has 0 N–H and O–H groups in total. The summed E-state index contributed by atoms with van der Waals surface area (Å²) in [7, 11) is 0. The first-order valence-electron chi connectivity index (χ1n) is 9.81. The van der Waals surface area contributed by atoms with Gasteiger partial charge in [-0.2, -0.15) is 10.4 Å². The van der Waals surface area contributed by atoms with Crippen LogP contribution in [0, 0.1) is 18.3 Å². The lowest BCUT2D eigenvalue weighted by Gasteiger charge is -2.22. The fourth-order valence-electron chi connectivity index (χ4n) is 3.23. The molecule has 3 heteroatoms. The van der Waals surface area contributed by atoms with Gasteiger partial charge in [0, 0.05) is 11.1 Å². The van der Waals surface area contributed by atoms with Gasteiger partial charge in [-0.1, -0.05) is 84.4 Å². The summed E-state index contributed by atoms with van der Waals surface area (Å²) in [6.45, 7) is 2.06. The van der Waals surface area contributed by atoms with Gasteiger partial charge in [-0.25, -0.2) is 5.01 Å². The Balaban J connectivity index is 1.92. The first-order valence-corrected chi connectivity index (χ1v) is 9.81. The Hall–Kier alpha value is -4.16. The predicted molar refractivity (Wildman–Crippen MR) is 123 cm³/mol. The Bertz CT molecular complexity index is 1150. The van der Waals surface area contributed by atoms with Gasteiger partial charge in [0.15, 0.2) is 0 Å². The fourth-order valence-corrected chi connectivity index (χ4v) is 3.23. The quantitative estimate of drug-likeness (QED) is 0.291. The van der Waals surface area contributed by atoms with E-state index in [9.17, 15) is 5.26 Å². The first-order chi connectivity index (χ1) is 14.7. The number of aryl methyl sites for hydroxylation is 1. The second-order valence-electron chi connectivity index (χ2n) is 6.99. The Morgan fingerprint density at radius 2 is 1.30 bits per heavy atom. The molecule has 0 bridgehead atoms. The van der Waals surface area contributed by atoms with Gasteiger partial charge in [-0.15, -0.1) is 0 Å². The predicted octanol–water partition coefficient (Wildman–Crippen LogP) is 6.46. The highest BCUT2D eigenvalue weighted by atomic mass is 15.5. The minimum absolute atomic E-state index is 0.598. The lowest BCUT2D eigenvalue weighted by molar-refractivity contribution is 1.08. The van der Waals surface area contributed by atoms with Crippen molar-refractivity contribution in [1.29, 1.82) is 5.26 Å². The third-order valence-corrected chi connectivity index (χ3v) is 4.79. The summed E-state index contributed by atoms with van der Waals surface area (Å²) >= 11 is 0. The Labute approximate surface area is 177 Å². The van der Waals surface area contributed by atoms with Crippen LogP contribution in [-0.2, 0) is 0 Å². The summed E-state index contributed by atoms with van der Waals surface area (Å²) in [5.41, 5.74) is 6.46. The van der Waals surface area contributed by atoms with Crippen LogP contribution in [0.2, 0.25) is 0 Å². The van der Waals surface area contributed by atoms with Crippen molar-refractivity contribution in [3.8, 4) is 6.07 Å². The highest BCUT2D eigenvalue weighted by Crippen LogP contribution is 2.28. The molecule has 3 nitrogen and oxygen atoms in total. The number of nitriles is 1. The van der Waals surface area contributed by atoms with Gasteiger partial charge in [-0.3, -0.25) is 0 Å². The van der Waals surface area contributed by atoms with E-state index in [1.54, 1.807) is 6.07 Å². The number of hydrogen-bond donors (Lipinski definition) is 0. The normalized spacial score (nSPS) is 10.1. The zero-order valence-corrected chi connectivity index (χ0v) is 16.7. The van der Waals surface area contributed by atoms with Crippen LogP contribution in [0.15, 0.2) is 114 Å². The van der Waals surface area contributed by atoms with Gasteiger partial charge in [-0.05, 0) is 37.3 Å². The zero-order chi connectivity index (χ0) is 20.8. The molecule has 0 radical (unpaired) electrons. The molecule has 0 unspecified atom stereocenters. The fraction of sp³-hybridized carbons (Fsp3) is 0.0370. The van der Waals surface area contributed by atoms with Gasteiger partial charge >= 0.3 is 0 Å². The van der Waals surface area contributed by atoms with Gasteiger partial charge in [0.05, 0.1) is 28.7 Å². The summed E-state index contributed by atoms with van der Waals surface area (Å²) in [5.74, 6) is 0. The highest BCUT2D eigenvalue weighted by Gasteiger charge is 2.14. The van der Waals surface area contributed by atoms with E-state index in [1.807, 2.05) is 71.7 Å². The number of hydrazone groups is 1. The number of hydrogen-bond acceptors (Lipinski definition) is 3. The van der Waals surface area contributed by atoms with Crippen LogP contribution < -0.4 is 5.01 Å². The monoisotopic (exact) mass is 387 g/mol. The van der Waals surface area contributed by atoms with Crippen LogP contribution in [0.4, 0.5) is 11.4 Å². The molecule has 0 aliphatic rings. The number of rotatable bonds is 5. The van der Waals surface area contributed by atoms with Crippen molar-refractivity contribution in [2.75, 3.05) is 5.01 Å². The van der Waals surface area contributed by atoms with Crippen molar-refractivity contribution >= 4 is 17.1 Å². The van der Waals surface area contributed by atoms with E-state index < -0.39 is 0 Å². The van der Waals surface area contributed by atoms with Crippen LogP contribution in [0.3, 0.4) is 0 Å². The van der Waals surface area contributed by atoms with Crippen molar-refractivity contribution in [2.24, 2.45) is 5.10 Å². The molecule has 0 fully saturated rings. The highest BCUT2D eigenvalue weighted by molar-refractivity contribution is 6.13. The summed E-state index contributed by atoms with van der Waals surface area (Å²) in [4.78, 5) is 0. The van der Waals surface area contributed by atoms with Crippen molar-refractivity contribution in [2.45, 2.75) is 6.92 Å². The molecule has 30 heavy (non-hydrogen) atoms. The Morgan fingerprint density at radius 1 is 0.700 bits per heavy atom. The minimum atomic E-state index is 0.598. The van der Waals surface area contributed by atoms with E-state index in [-0.39, 0.29) is 0 Å². The zero-order valence-electron chi connectivity index (χ0n) is 16.7. The molecule has 4 aromatic carbocycles. The molecule has 0 spiro atoms. The molecule has 144 valence electrons. The molecule has 0 atom stereocenters. The number of nitrogens with zero attached hydrogens (tertiary/aromatic N) is 3. The molecule has 0 saturated heterocycles. The summed E-state index contributed by atoms with van der Waals surface area (Å²) < 4.78 is 0. The lowest BCUT2D eigenvalue weighted by atomic mass is 10.0. The van der Waals surface area contributed by atoms with E-state index in [0.717, 1.165) is 28.2 Å². The van der Waals surface area contributed by atoms with E-state index in [4.69, 9.17) is 5.10 Å². The van der Waals surface area contributed by atoms with E-state index >= 15 is 0 Å². The van der Waals surface area contributed by atoms with Crippen LogP contribution in [0.5, 0.6) is 0 Å². The maximum Gasteiger partial charge on any atom is 0.0992 e. The third-order valence-electron chi connectivity index (χ3n) is 4.79. The maximum absolute atomic E-state index is 9.38. The topological polar surface area (TPSA) is 39.4 Å². The van der Waals surface area contributed by atoms with Crippen LogP contribution in [-0.4, -0.2) is 5.71 Å². The largest absolute Gasteiger partial charge is 0.233 e. The van der Waals surface area contributed by atoms with Gasteiger partial charge < -0.3 is 0 Å². The SMILES string of the molecule is Cc1ccc(N(N=C(c2ccccc2)c2ccccc2)c2cccc(C#N)c2)cc1. The summed E-state index contributed by atoms with van der Waals surface area (Å²) in [5, 5.41) is 16.4. The molecule has 0 amide bonds. The van der Waals surface area contributed by atoms with Crippen molar-refractivity contribution in [3.63, 3.8) is 0 Å². The molecule has 4 rings (SSSR count). The Morgan fingerprint density at radius 3 is 1.87 bits per heavy atom. The second kappa shape index (κ2) is 8.89.